The number of halogens is 3. The molecule has 0 aliphatic carbocycles. The van der Waals surface area contributed by atoms with E-state index < -0.39 is 5.41 Å². The van der Waals surface area contributed by atoms with Gasteiger partial charge in [-0.25, -0.2) is 0 Å². The van der Waals surface area contributed by atoms with Crippen molar-refractivity contribution in [3.05, 3.63) is 39.9 Å². The smallest absolute Gasteiger partial charge is 0.162 e. The Bertz CT molecular complexity index is 543. The number of carbonyl (C=O) groups is 1. The van der Waals surface area contributed by atoms with Gasteiger partial charge in [0.2, 0.25) is 0 Å². The van der Waals surface area contributed by atoms with E-state index >= 15 is 0 Å². The molecule has 0 unspecified atom stereocenters. The van der Waals surface area contributed by atoms with Crippen molar-refractivity contribution in [1.29, 1.82) is 0 Å². The fraction of sp³-hybridized carbons (Fsp3) is 0.500. The standard InChI is InChI=1S/C18H23Cl2NO.ClH/c1-18(2,13-21-11-4-3-5-12-21)17(22)10-9-14-15(19)7-6-8-16(14)20;/h6-10H,3-5,11-13H2,1-2H3;1H. The zero-order valence-corrected chi connectivity index (χ0v) is 16.0. The molecule has 0 aromatic heterocycles. The van der Waals surface area contributed by atoms with Gasteiger partial charge in [-0.15, -0.1) is 12.4 Å². The highest BCUT2D eigenvalue weighted by molar-refractivity contribution is 6.37. The van der Waals surface area contributed by atoms with Crippen molar-refractivity contribution in [2.45, 2.75) is 33.1 Å². The summed E-state index contributed by atoms with van der Waals surface area (Å²) in [6, 6.07) is 5.34. The number of nitrogens with zero attached hydrogens (tertiary/aromatic N) is 1. The second-order valence-electron chi connectivity index (χ2n) is 6.55. The summed E-state index contributed by atoms with van der Waals surface area (Å²) in [7, 11) is 0. The van der Waals surface area contributed by atoms with Gasteiger partial charge in [-0.3, -0.25) is 4.79 Å². The number of hydrogen-bond donors (Lipinski definition) is 0. The molecule has 0 spiro atoms. The van der Waals surface area contributed by atoms with Crippen molar-refractivity contribution in [1.82, 2.24) is 4.90 Å². The van der Waals surface area contributed by atoms with Gasteiger partial charge >= 0.3 is 0 Å². The van der Waals surface area contributed by atoms with E-state index in [0.29, 0.717) is 15.6 Å². The summed E-state index contributed by atoms with van der Waals surface area (Å²) in [5, 5.41) is 1.12. The van der Waals surface area contributed by atoms with Crippen LogP contribution in [0.5, 0.6) is 0 Å². The van der Waals surface area contributed by atoms with Gasteiger partial charge in [-0.2, -0.15) is 0 Å². The van der Waals surface area contributed by atoms with E-state index in [1.54, 1.807) is 30.4 Å². The molecule has 1 aliphatic rings. The molecule has 5 heteroatoms. The molecule has 0 atom stereocenters. The molecule has 23 heavy (non-hydrogen) atoms. The Morgan fingerprint density at radius 2 is 1.74 bits per heavy atom. The van der Waals surface area contributed by atoms with Crippen LogP contribution in [0.25, 0.3) is 6.08 Å². The predicted molar refractivity (Wildman–Crippen MR) is 102 cm³/mol. The molecule has 0 saturated carbocycles. The van der Waals surface area contributed by atoms with Crippen LogP contribution in [0.15, 0.2) is 24.3 Å². The molecule has 1 heterocycles. The molecule has 2 rings (SSSR count). The average molecular weight is 377 g/mol. The Morgan fingerprint density at radius 3 is 2.30 bits per heavy atom. The van der Waals surface area contributed by atoms with Gasteiger partial charge in [0.05, 0.1) is 0 Å². The lowest BCUT2D eigenvalue weighted by Gasteiger charge is -2.33. The maximum atomic E-state index is 12.5. The van der Waals surface area contributed by atoms with Crippen molar-refractivity contribution in [2.24, 2.45) is 5.41 Å². The summed E-state index contributed by atoms with van der Waals surface area (Å²) >= 11 is 12.3. The quantitative estimate of drug-likeness (QED) is 0.631. The maximum Gasteiger partial charge on any atom is 0.162 e. The third kappa shape index (κ3) is 5.79. The lowest BCUT2D eigenvalue weighted by molar-refractivity contribution is -0.123. The fourth-order valence-corrected chi connectivity index (χ4v) is 3.33. The van der Waals surface area contributed by atoms with Gasteiger partial charge in [-0.1, -0.05) is 49.5 Å². The van der Waals surface area contributed by atoms with Crippen molar-refractivity contribution >= 4 is 47.5 Å². The molecule has 1 aliphatic heterocycles. The topological polar surface area (TPSA) is 20.3 Å². The Hall–Kier alpha value is -0.540. The first-order valence-electron chi connectivity index (χ1n) is 7.79. The Morgan fingerprint density at radius 1 is 1.17 bits per heavy atom. The first-order valence-corrected chi connectivity index (χ1v) is 8.54. The van der Waals surface area contributed by atoms with Gasteiger partial charge in [0.15, 0.2) is 5.78 Å². The van der Waals surface area contributed by atoms with Gasteiger partial charge in [-0.05, 0) is 50.2 Å². The molecule has 1 fully saturated rings. The normalized spacial score (nSPS) is 16.3. The summed E-state index contributed by atoms with van der Waals surface area (Å²) in [5.41, 5.74) is 0.301. The third-order valence-electron chi connectivity index (χ3n) is 4.14. The number of benzene rings is 1. The second kappa shape index (κ2) is 9.08. The van der Waals surface area contributed by atoms with Gasteiger partial charge in [0.1, 0.15) is 0 Å². The van der Waals surface area contributed by atoms with Crippen LogP contribution >= 0.6 is 35.6 Å². The first-order chi connectivity index (χ1) is 10.4. The molecule has 1 aromatic carbocycles. The summed E-state index contributed by atoms with van der Waals surface area (Å²) < 4.78 is 0. The highest BCUT2D eigenvalue weighted by Crippen LogP contribution is 2.27. The van der Waals surface area contributed by atoms with E-state index in [4.69, 9.17) is 23.2 Å². The zero-order chi connectivity index (χ0) is 16.2. The van der Waals surface area contributed by atoms with Crippen LogP contribution in [-0.2, 0) is 4.79 Å². The lowest BCUT2D eigenvalue weighted by Crippen LogP contribution is -2.41. The van der Waals surface area contributed by atoms with Gasteiger partial charge in [0, 0.05) is 27.6 Å². The van der Waals surface area contributed by atoms with Crippen LogP contribution in [0, 0.1) is 5.41 Å². The molecule has 0 N–H and O–H groups in total. The molecular weight excluding hydrogens is 353 g/mol. The molecule has 1 aromatic rings. The van der Waals surface area contributed by atoms with Crippen molar-refractivity contribution in [2.75, 3.05) is 19.6 Å². The third-order valence-corrected chi connectivity index (χ3v) is 4.79. The minimum absolute atomic E-state index is 0. The number of allylic oxidation sites excluding steroid dienone is 1. The molecule has 0 radical (unpaired) electrons. The van der Waals surface area contributed by atoms with E-state index in [2.05, 4.69) is 4.90 Å². The largest absolute Gasteiger partial charge is 0.302 e. The molecule has 1 saturated heterocycles. The van der Waals surface area contributed by atoms with E-state index in [1.165, 1.54) is 19.3 Å². The number of carbonyl (C=O) groups excluding carboxylic acids is 1. The molecule has 0 amide bonds. The van der Waals surface area contributed by atoms with Gasteiger partial charge in [0.25, 0.3) is 0 Å². The second-order valence-corrected chi connectivity index (χ2v) is 7.37. The summed E-state index contributed by atoms with van der Waals surface area (Å²) in [6.45, 7) is 6.99. The number of piperidine rings is 1. The van der Waals surface area contributed by atoms with Crippen LogP contribution in [0.3, 0.4) is 0 Å². The van der Waals surface area contributed by atoms with Crippen molar-refractivity contribution < 1.29 is 4.79 Å². The van der Waals surface area contributed by atoms with Crippen LogP contribution in [0.4, 0.5) is 0 Å². The van der Waals surface area contributed by atoms with E-state index in [9.17, 15) is 4.79 Å². The molecular formula is C18H24Cl3NO. The first kappa shape index (κ1) is 20.5. The van der Waals surface area contributed by atoms with Crippen molar-refractivity contribution in [3.63, 3.8) is 0 Å². The van der Waals surface area contributed by atoms with Gasteiger partial charge < -0.3 is 4.90 Å². The SMILES string of the molecule is CC(C)(CN1CCCCC1)C(=O)C=Cc1c(Cl)cccc1Cl.Cl. The highest BCUT2D eigenvalue weighted by Gasteiger charge is 2.28. The number of ketones is 1. The number of rotatable bonds is 5. The predicted octanol–water partition coefficient (Wildman–Crippen LogP) is 5.51. The molecule has 0 bridgehead atoms. The average Bonchev–Trinajstić information content (AvgIpc) is 2.47. The van der Waals surface area contributed by atoms with E-state index in [1.807, 2.05) is 13.8 Å². The van der Waals surface area contributed by atoms with Crippen LogP contribution in [0.2, 0.25) is 10.0 Å². The number of likely N-dealkylation sites (tertiary alicyclic amines) is 1. The summed E-state index contributed by atoms with van der Waals surface area (Å²) in [5.74, 6) is 0.106. The number of hydrogen-bond acceptors (Lipinski definition) is 2. The Balaban J connectivity index is 0.00000264. The Kier molecular flexibility index (Phi) is 8.09. The van der Waals surface area contributed by atoms with Crippen LogP contribution in [-0.4, -0.2) is 30.3 Å². The lowest BCUT2D eigenvalue weighted by atomic mass is 9.86. The van der Waals surface area contributed by atoms with Crippen LogP contribution in [0.1, 0.15) is 38.7 Å². The Labute approximate surface area is 155 Å². The summed E-state index contributed by atoms with van der Waals surface area (Å²) in [6.07, 6.45) is 7.10. The van der Waals surface area contributed by atoms with Crippen molar-refractivity contribution in [3.8, 4) is 0 Å². The fourth-order valence-electron chi connectivity index (χ4n) is 2.81. The summed E-state index contributed by atoms with van der Waals surface area (Å²) in [4.78, 5) is 14.9. The van der Waals surface area contributed by atoms with E-state index in [-0.39, 0.29) is 18.2 Å². The monoisotopic (exact) mass is 375 g/mol. The molecule has 2 nitrogen and oxygen atoms in total. The minimum atomic E-state index is -0.401. The van der Waals surface area contributed by atoms with E-state index in [0.717, 1.165) is 19.6 Å². The minimum Gasteiger partial charge on any atom is -0.302 e. The highest BCUT2D eigenvalue weighted by atomic mass is 35.5. The zero-order valence-electron chi connectivity index (χ0n) is 13.6. The molecule has 128 valence electrons. The maximum absolute atomic E-state index is 12.5. The van der Waals surface area contributed by atoms with Crippen LogP contribution < -0.4 is 0 Å².